The third-order valence-corrected chi connectivity index (χ3v) is 8.39. The van der Waals surface area contributed by atoms with Crippen LogP contribution in [0.1, 0.15) is 44.6 Å². The molecule has 0 radical (unpaired) electrons. The van der Waals surface area contributed by atoms with Gasteiger partial charge in [0.2, 0.25) is 10.0 Å². The normalized spacial score (nSPS) is 21.4. The lowest BCUT2D eigenvalue weighted by Crippen LogP contribution is -3.19. The van der Waals surface area contributed by atoms with Crippen LogP contribution in [0, 0.1) is 6.92 Å². The molecule has 2 fully saturated rings. The third-order valence-electron chi connectivity index (χ3n) is 6.48. The van der Waals surface area contributed by atoms with Crippen molar-refractivity contribution in [2.45, 2.75) is 62.9 Å². The van der Waals surface area contributed by atoms with Gasteiger partial charge in [0.25, 0.3) is 5.91 Å². The molecule has 0 aromatic heterocycles. The summed E-state index contributed by atoms with van der Waals surface area (Å²) >= 11 is 0. The van der Waals surface area contributed by atoms with Crippen LogP contribution in [0.2, 0.25) is 0 Å². The number of quaternary nitrogens is 1. The van der Waals surface area contributed by atoms with Crippen molar-refractivity contribution in [3.05, 3.63) is 29.8 Å². The minimum absolute atomic E-state index is 0.129. The molecule has 1 aliphatic heterocycles. The Bertz CT molecular complexity index is 765. The quantitative estimate of drug-likeness (QED) is 0.793. The molecule has 6 nitrogen and oxygen atoms in total. The Morgan fingerprint density at radius 1 is 1.11 bits per heavy atom. The lowest BCUT2D eigenvalue weighted by molar-refractivity contribution is -0.918. The average molecular weight is 409 g/mol. The minimum Gasteiger partial charge on any atom is -0.338 e. The summed E-state index contributed by atoms with van der Waals surface area (Å²) in [5, 5.41) is 0. The number of carbonyl (C=O) groups excluding carboxylic acids is 1. The summed E-state index contributed by atoms with van der Waals surface area (Å²) in [5.74, 6) is 0.191. The Morgan fingerprint density at radius 2 is 1.68 bits per heavy atom. The number of hydrogen-bond acceptors (Lipinski definition) is 3. The van der Waals surface area contributed by atoms with Gasteiger partial charge in [-0.3, -0.25) is 4.79 Å². The first-order valence-electron chi connectivity index (χ1n) is 10.5. The van der Waals surface area contributed by atoms with Crippen LogP contribution < -0.4 is 4.90 Å². The average Bonchev–Trinajstić information content (AvgIpc) is 2.73. The highest BCUT2D eigenvalue weighted by Gasteiger charge is 2.36. The van der Waals surface area contributed by atoms with Crippen LogP contribution in [-0.4, -0.2) is 68.8 Å². The van der Waals surface area contributed by atoms with Crippen molar-refractivity contribution >= 4 is 15.9 Å². The van der Waals surface area contributed by atoms with Gasteiger partial charge >= 0.3 is 0 Å². The van der Waals surface area contributed by atoms with E-state index in [1.165, 1.54) is 24.2 Å². The minimum atomic E-state index is -3.46. The second-order valence-corrected chi connectivity index (χ2v) is 10.3. The van der Waals surface area contributed by atoms with Crippen molar-refractivity contribution in [2.24, 2.45) is 0 Å². The number of sulfonamides is 1. The van der Waals surface area contributed by atoms with E-state index < -0.39 is 10.0 Å². The van der Waals surface area contributed by atoms with Gasteiger partial charge in [-0.05, 0) is 38.8 Å². The fourth-order valence-electron chi connectivity index (χ4n) is 4.43. The highest BCUT2D eigenvalue weighted by molar-refractivity contribution is 7.89. The number of carbonyl (C=O) groups is 1. The van der Waals surface area contributed by atoms with E-state index in [0.29, 0.717) is 37.1 Å². The van der Waals surface area contributed by atoms with Gasteiger partial charge in [0.15, 0.2) is 6.04 Å². The van der Waals surface area contributed by atoms with E-state index in [0.717, 1.165) is 18.4 Å². The van der Waals surface area contributed by atoms with Gasteiger partial charge in [0, 0.05) is 13.1 Å². The number of nitrogens with zero attached hydrogens (tertiary/aromatic N) is 2. The molecule has 1 saturated heterocycles. The van der Waals surface area contributed by atoms with Crippen molar-refractivity contribution in [3.8, 4) is 0 Å². The Balaban J connectivity index is 1.58. The number of nitrogens with one attached hydrogen (secondary N) is 1. The van der Waals surface area contributed by atoms with Crippen molar-refractivity contribution < 1.29 is 18.1 Å². The zero-order valence-electron chi connectivity index (χ0n) is 17.4. The smallest absolute Gasteiger partial charge is 0.280 e. The van der Waals surface area contributed by atoms with Crippen LogP contribution in [0.3, 0.4) is 0 Å². The van der Waals surface area contributed by atoms with Gasteiger partial charge in [-0.15, -0.1) is 0 Å². The monoisotopic (exact) mass is 408 g/mol. The number of likely N-dealkylation sites (N-methyl/N-ethyl adjacent to an activating group) is 1. The number of amides is 1. The number of rotatable bonds is 5. The maximum Gasteiger partial charge on any atom is 0.280 e. The van der Waals surface area contributed by atoms with E-state index in [2.05, 4.69) is 0 Å². The molecule has 0 bridgehead atoms. The molecule has 1 N–H and O–H groups in total. The molecule has 1 heterocycles. The molecule has 1 saturated carbocycles. The largest absolute Gasteiger partial charge is 0.338 e. The first-order valence-corrected chi connectivity index (χ1v) is 11.9. The molecule has 1 atom stereocenters. The molecule has 28 heavy (non-hydrogen) atoms. The summed E-state index contributed by atoms with van der Waals surface area (Å²) in [6, 6.07) is 7.25. The van der Waals surface area contributed by atoms with E-state index >= 15 is 0 Å². The lowest BCUT2D eigenvalue weighted by Gasteiger charge is -2.37. The van der Waals surface area contributed by atoms with Gasteiger partial charge in [0.05, 0.1) is 31.1 Å². The van der Waals surface area contributed by atoms with Crippen molar-refractivity contribution in [1.29, 1.82) is 0 Å². The highest BCUT2D eigenvalue weighted by atomic mass is 32.2. The Hall–Kier alpha value is -1.44. The highest BCUT2D eigenvalue weighted by Crippen LogP contribution is 2.22. The molecule has 3 rings (SSSR count). The molecule has 156 valence electrons. The fourth-order valence-corrected chi connectivity index (χ4v) is 5.88. The molecule has 1 aliphatic carbocycles. The maximum absolute atomic E-state index is 12.9. The summed E-state index contributed by atoms with van der Waals surface area (Å²) in [6.45, 7) is 6.17. The number of piperazine rings is 1. The molecule has 1 aromatic rings. The van der Waals surface area contributed by atoms with Crippen LogP contribution in [0.25, 0.3) is 0 Å². The zero-order chi connectivity index (χ0) is 20.3. The van der Waals surface area contributed by atoms with Crippen molar-refractivity contribution in [1.82, 2.24) is 9.21 Å². The van der Waals surface area contributed by atoms with Gasteiger partial charge in [-0.1, -0.05) is 37.0 Å². The predicted molar refractivity (Wildman–Crippen MR) is 110 cm³/mol. The lowest BCUT2D eigenvalue weighted by atomic mass is 9.94. The van der Waals surface area contributed by atoms with E-state index in [1.54, 1.807) is 16.4 Å². The fraction of sp³-hybridized carbons (Fsp3) is 0.667. The molecular formula is C21H34N3O3S+. The third kappa shape index (κ3) is 4.58. The van der Waals surface area contributed by atoms with Crippen LogP contribution in [-0.2, 0) is 14.8 Å². The van der Waals surface area contributed by atoms with Gasteiger partial charge in [-0.25, -0.2) is 8.42 Å². The molecule has 0 unspecified atom stereocenters. The molecular weight excluding hydrogens is 374 g/mol. The van der Waals surface area contributed by atoms with Crippen molar-refractivity contribution in [3.63, 3.8) is 0 Å². The molecule has 1 aromatic carbocycles. The Kier molecular flexibility index (Phi) is 6.78. The van der Waals surface area contributed by atoms with E-state index in [9.17, 15) is 13.2 Å². The standard InChI is InChI=1S/C21H33N3O3S/c1-17-9-11-20(12-10-17)28(26,27)24-15-13-23(14-16-24)18(2)21(25)22(3)19-7-5-4-6-8-19/h9-12,18-19H,4-8,13-16H2,1-3H3/p+1/t18-/m1/s1. The van der Waals surface area contributed by atoms with Gasteiger partial charge < -0.3 is 9.80 Å². The number of hydrogen-bond donors (Lipinski definition) is 1. The summed E-state index contributed by atoms with van der Waals surface area (Å²) in [7, 11) is -1.52. The SMILES string of the molecule is Cc1ccc(S(=O)(=O)N2CC[NH+]([C@H](C)C(=O)N(C)C3CCCCC3)CC2)cc1. The topological polar surface area (TPSA) is 62.1 Å². The summed E-state index contributed by atoms with van der Waals surface area (Å²) < 4.78 is 27.3. The van der Waals surface area contributed by atoms with Crippen LogP contribution in [0.5, 0.6) is 0 Å². The van der Waals surface area contributed by atoms with Crippen molar-refractivity contribution in [2.75, 3.05) is 33.2 Å². The van der Waals surface area contributed by atoms with E-state index in [-0.39, 0.29) is 11.9 Å². The van der Waals surface area contributed by atoms with E-state index in [4.69, 9.17) is 0 Å². The number of aryl methyl sites for hydroxylation is 1. The molecule has 1 amide bonds. The molecule has 7 heteroatoms. The van der Waals surface area contributed by atoms with Gasteiger partial charge in [-0.2, -0.15) is 4.31 Å². The first-order chi connectivity index (χ1) is 13.3. The Labute approximate surface area is 169 Å². The second-order valence-electron chi connectivity index (χ2n) is 8.34. The first kappa shape index (κ1) is 21.3. The second kappa shape index (κ2) is 8.93. The summed E-state index contributed by atoms with van der Waals surface area (Å²) in [5.41, 5.74) is 1.04. The summed E-state index contributed by atoms with van der Waals surface area (Å²) in [6.07, 6.45) is 5.90. The van der Waals surface area contributed by atoms with Crippen LogP contribution in [0.4, 0.5) is 0 Å². The predicted octanol–water partition coefficient (Wildman–Crippen LogP) is 1.06. The van der Waals surface area contributed by atoms with Gasteiger partial charge in [0.1, 0.15) is 0 Å². The molecule has 0 spiro atoms. The maximum atomic E-state index is 12.9. The summed E-state index contributed by atoms with van der Waals surface area (Å²) in [4.78, 5) is 16.4. The van der Waals surface area contributed by atoms with E-state index in [1.807, 2.05) is 37.9 Å². The Morgan fingerprint density at radius 3 is 2.25 bits per heavy atom. The zero-order valence-corrected chi connectivity index (χ0v) is 18.2. The number of benzene rings is 1. The van der Waals surface area contributed by atoms with Crippen LogP contribution >= 0.6 is 0 Å². The van der Waals surface area contributed by atoms with Crippen LogP contribution in [0.15, 0.2) is 29.2 Å². The molecule has 2 aliphatic rings.